The largest absolute Gasteiger partial charge is 0.497 e. The molecule has 0 unspecified atom stereocenters. The molecule has 0 atom stereocenters. The minimum Gasteiger partial charge on any atom is -0.497 e. The van der Waals surface area contributed by atoms with Gasteiger partial charge < -0.3 is 14.5 Å². The molecule has 0 N–H and O–H groups in total. The summed E-state index contributed by atoms with van der Waals surface area (Å²) >= 11 is 0. The van der Waals surface area contributed by atoms with Gasteiger partial charge in [0.2, 0.25) is 0 Å². The molecule has 112 valence electrons. The van der Waals surface area contributed by atoms with Crippen molar-refractivity contribution in [3.05, 3.63) is 47.2 Å². The van der Waals surface area contributed by atoms with Crippen LogP contribution < -0.4 is 9.64 Å². The van der Waals surface area contributed by atoms with Crippen molar-refractivity contribution in [2.45, 2.75) is 0 Å². The fourth-order valence-corrected chi connectivity index (χ4v) is 2.47. The summed E-state index contributed by atoms with van der Waals surface area (Å²) in [6, 6.07) is 11.8. The Balaban J connectivity index is 2.41. The van der Waals surface area contributed by atoms with Gasteiger partial charge in [0.1, 0.15) is 23.5 Å². The molecule has 1 fully saturated rings. The lowest BCUT2D eigenvalue weighted by Gasteiger charge is -2.17. The highest BCUT2D eigenvalue weighted by molar-refractivity contribution is 5.62. The predicted molar refractivity (Wildman–Crippen MR) is 85.2 cm³/mol. The van der Waals surface area contributed by atoms with Crippen LogP contribution in [0.15, 0.2) is 47.2 Å². The van der Waals surface area contributed by atoms with Gasteiger partial charge in [0.15, 0.2) is 0 Å². The van der Waals surface area contributed by atoms with Crippen LogP contribution in [0.4, 0.5) is 5.69 Å². The van der Waals surface area contributed by atoms with Crippen LogP contribution in [0.25, 0.3) is 0 Å². The Morgan fingerprint density at radius 3 is 2.59 bits per heavy atom. The first-order valence-electron chi connectivity index (χ1n) is 6.89. The number of nitrogens with zero attached hydrogens (tertiary/aromatic N) is 4. The molecular formula is C17H18N4O. The van der Waals surface area contributed by atoms with Gasteiger partial charge in [-0.05, 0) is 17.7 Å². The average Bonchev–Trinajstić information content (AvgIpc) is 2.92. The highest BCUT2D eigenvalue weighted by Gasteiger charge is 2.25. The molecule has 0 aliphatic carbocycles. The molecule has 1 heterocycles. The molecule has 2 rings (SSSR count). The first kappa shape index (κ1) is 15.5. The molecule has 5 nitrogen and oxygen atoms in total. The highest BCUT2D eigenvalue weighted by Crippen LogP contribution is 2.31. The molecule has 0 aromatic heterocycles. The zero-order chi connectivity index (χ0) is 16.1. The minimum absolute atomic E-state index is 0.179. The van der Waals surface area contributed by atoms with Crippen LogP contribution in [-0.4, -0.2) is 39.2 Å². The summed E-state index contributed by atoms with van der Waals surface area (Å²) in [7, 11) is 5.49. The molecule has 22 heavy (non-hydrogen) atoms. The number of ether oxygens (including phenoxy) is 1. The first-order valence-corrected chi connectivity index (χ1v) is 6.89. The van der Waals surface area contributed by atoms with E-state index in [1.54, 1.807) is 7.11 Å². The van der Waals surface area contributed by atoms with Gasteiger partial charge >= 0.3 is 0 Å². The number of methoxy groups -OCH3 is 1. The van der Waals surface area contributed by atoms with Gasteiger partial charge in [-0.15, -0.1) is 0 Å². The number of hydrogen-bond donors (Lipinski definition) is 0. The van der Waals surface area contributed by atoms with Crippen LogP contribution in [0.1, 0.15) is 0 Å². The van der Waals surface area contributed by atoms with Crippen molar-refractivity contribution in [2.24, 2.45) is 0 Å². The fourth-order valence-electron chi connectivity index (χ4n) is 2.47. The van der Waals surface area contributed by atoms with Crippen molar-refractivity contribution in [3.63, 3.8) is 0 Å². The van der Waals surface area contributed by atoms with Crippen molar-refractivity contribution in [3.8, 4) is 17.9 Å². The van der Waals surface area contributed by atoms with Crippen LogP contribution in [0.5, 0.6) is 5.75 Å². The van der Waals surface area contributed by atoms with Gasteiger partial charge in [0.05, 0.1) is 7.11 Å². The lowest BCUT2D eigenvalue weighted by atomic mass is 10.1. The first-order chi connectivity index (χ1) is 10.6. The monoisotopic (exact) mass is 294 g/mol. The van der Waals surface area contributed by atoms with Gasteiger partial charge in [-0.3, -0.25) is 0 Å². The van der Waals surface area contributed by atoms with E-state index < -0.39 is 0 Å². The van der Waals surface area contributed by atoms with E-state index in [0.717, 1.165) is 22.6 Å². The van der Waals surface area contributed by atoms with E-state index in [-0.39, 0.29) is 5.57 Å². The third-order valence-electron chi connectivity index (χ3n) is 3.46. The zero-order valence-electron chi connectivity index (χ0n) is 13.0. The number of hydrogen-bond acceptors (Lipinski definition) is 5. The molecule has 0 bridgehead atoms. The molecule has 0 saturated carbocycles. The van der Waals surface area contributed by atoms with Gasteiger partial charge in [0, 0.05) is 50.7 Å². The van der Waals surface area contributed by atoms with E-state index in [4.69, 9.17) is 15.3 Å². The number of anilines is 1. The summed E-state index contributed by atoms with van der Waals surface area (Å²) in [6.45, 7) is 1.21. The van der Waals surface area contributed by atoms with Crippen molar-refractivity contribution >= 4 is 5.69 Å². The minimum atomic E-state index is 0.179. The van der Waals surface area contributed by atoms with Crippen molar-refractivity contribution < 1.29 is 4.74 Å². The molecule has 1 saturated heterocycles. The number of rotatable bonds is 3. The van der Waals surface area contributed by atoms with Gasteiger partial charge in [-0.25, -0.2) is 0 Å². The van der Waals surface area contributed by atoms with E-state index in [1.165, 1.54) is 0 Å². The average molecular weight is 294 g/mol. The number of allylic oxidation sites excluding steroid dienone is 1. The quantitative estimate of drug-likeness (QED) is 0.800. The van der Waals surface area contributed by atoms with Crippen LogP contribution in [0.3, 0.4) is 0 Å². The summed E-state index contributed by atoms with van der Waals surface area (Å²) in [5, 5.41) is 18.3. The summed E-state index contributed by atoms with van der Waals surface area (Å²) < 4.78 is 5.26. The molecule has 1 aliphatic rings. The van der Waals surface area contributed by atoms with E-state index in [9.17, 15) is 0 Å². The Labute approximate surface area is 130 Å². The summed E-state index contributed by atoms with van der Waals surface area (Å²) in [5.74, 6) is 0.786. The van der Waals surface area contributed by atoms with E-state index in [0.29, 0.717) is 13.1 Å². The van der Waals surface area contributed by atoms with Gasteiger partial charge in [0.25, 0.3) is 0 Å². The van der Waals surface area contributed by atoms with Crippen LogP contribution in [-0.2, 0) is 0 Å². The number of benzene rings is 1. The Kier molecular flexibility index (Phi) is 4.70. The summed E-state index contributed by atoms with van der Waals surface area (Å²) in [6.07, 6.45) is 1.96. The summed E-state index contributed by atoms with van der Waals surface area (Å²) in [4.78, 5) is 4.05. The Hall–Kier alpha value is -2.92. The predicted octanol–water partition coefficient (Wildman–Crippen LogP) is 2.30. The third-order valence-corrected chi connectivity index (χ3v) is 3.46. The maximum absolute atomic E-state index is 9.17. The SMILES string of the molecule is COc1cccc(N2CC(=C(C#N)C#N)/C(=C\N(C)C)C2)c1. The zero-order valence-corrected chi connectivity index (χ0v) is 13.0. The maximum atomic E-state index is 9.17. The van der Waals surface area contributed by atoms with Crippen LogP contribution >= 0.6 is 0 Å². The highest BCUT2D eigenvalue weighted by atomic mass is 16.5. The molecule has 0 spiro atoms. The number of nitriles is 2. The molecular weight excluding hydrogens is 276 g/mol. The molecule has 0 radical (unpaired) electrons. The maximum Gasteiger partial charge on any atom is 0.135 e. The Bertz CT molecular complexity index is 688. The molecule has 1 aliphatic heterocycles. The Morgan fingerprint density at radius 1 is 1.27 bits per heavy atom. The van der Waals surface area contributed by atoms with Gasteiger partial charge in [-0.2, -0.15) is 10.5 Å². The second-order valence-corrected chi connectivity index (χ2v) is 5.25. The van der Waals surface area contributed by atoms with Crippen molar-refractivity contribution in [2.75, 3.05) is 39.2 Å². The second-order valence-electron chi connectivity index (χ2n) is 5.25. The van der Waals surface area contributed by atoms with Crippen LogP contribution in [0, 0.1) is 22.7 Å². The second kappa shape index (κ2) is 6.69. The molecule has 5 heteroatoms. The van der Waals surface area contributed by atoms with E-state index in [1.807, 2.05) is 61.6 Å². The fraction of sp³-hybridized carbons (Fsp3) is 0.294. The lowest BCUT2D eigenvalue weighted by molar-refractivity contribution is 0.415. The lowest BCUT2D eigenvalue weighted by Crippen LogP contribution is -2.18. The molecule has 1 aromatic rings. The summed E-state index contributed by atoms with van der Waals surface area (Å²) in [5.41, 5.74) is 2.97. The van der Waals surface area contributed by atoms with E-state index in [2.05, 4.69) is 4.90 Å². The third kappa shape index (κ3) is 3.21. The topological polar surface area (TPSA) is 63.3 Å². The molecule has 0 amide bonds. The smallest absolute Gasteiger partial charge is 0.135 e. The standard InChI is InChI=1S/C17H18N4O/c1-20(2)10-14-11-21(12-17(14)13(8-18)9-19)15-5-4-6-16(7-15)22-3/h4-7,10H,11-12H2,1-3H3/b14-10-. The normalized spacial score (nSPS) is 15.4. The van der Waals surface area contributed by atoms with Crippen molar-refractivity contribution in [1.82, 2.24) is 4.90 Å². The molecule has 1 aromatic carbocycles. The van der Waals surface area contributed by atoms with Crippen LogP contribution in [0.2, 0.25) is 0 Å². The van der Waals surface area contributed by atoms with Gasteiger partial charge in [-0.1, -0.05) is 6.07 Å². The van der Waals surface area contributed by atoms with Crippen molar-refractivity contribution in [1.29, 1.82) is 10.5 Å². The van der Waals surface area contributed by atoms with E-state index >= 15 is 0 Å². The Morgan fingerprint density at radius 2 is 2.00 bits per heavy atom.